The summed E-state index contributed by atoms with van der Waals surface area (Å²) in [7, 11) is 0. The van der Waals surface area contributed by atoms with Crippen LogP contribution in [0.1, 0.15) is 27.0 Å². The maximum Gasteiger partial charge on any atom is 0.360 e. The molecule has 1 N–H and O–H groups in total. The van der Waals surface area contributed by atoms with Gasteiger partial charge in [-0.15, -0.1) is 0 Å². The number of nitrogens with zero attached hydrogens (tertiary/aromatic N) is 3. The molecule has 0 saturated carbocycles. The van der Waals surface area contributed by atoms with Crippen molar-refractivity contribution < 1.29 is 9.18 Å². The lowest BCUT2D eigenvalue weighted by Gasteiger charge is -2.03. The van der Waals surface area contributed by atoms with Gasteiger partial charge in [-0.1, -0.05) is 41.9 Å². The number of carbonyl (C=O) groups excluding carboxylic acids is 1. The second kappa shape index (κ2) is 9.47. The summed E-state index contributed by atoms with van der Waals surface area (Å²) in [6, 6.07) is 19.2. The fraction of sp³-hybridized carbons (Fsp3) is 0.125. The van der Waals surface area contributed by atoms with E-state index < -0.39 is 5.91 Å². The lowest BCUT2D eigenvalue weighted by molar-refractivity contribution is 0.0992. The Morgan fingerprint density at radius 1 is 1.03 bits per heavy atom. The molecule has 7 heteroatoms. The van der Waals surface area contributed by atoms with Gasteiger partial charge in [0.2, 0.25) is 10.0 Å². The van der Waals surface area contributed by atoms with E-state index in [1.165, 1.54) is 6.07 Å². The number of halogens is 2. The number of hydrogen-bond acceptors (Lipinski definition) is 2. The second-order valence-electron chi connectivity index (χ2n) is 7.08. The maximum absolute atomic E-state index is 13.8. The number of benzene rings is 3. The molecule has 0 saturated heterocycles. The van der Waals surface area contributed by atoms with Gasteiger partial charge in [0.25, 0.3) is 0 Å². The van der Waals surface area contributed by atoms with Gasteiger partial charge in [-0.3, -0.25) is 4.79 Å². The van der Waals surface area contributed by atoms with Gasteiger partial charge in [0.15, 0.2) is 0 Å². The molecule has 0 radical (unpaired) electrons. The number of amides is 1. The van der Waals surface area contributed by atoms with Gasteiger partial charge < -0.3 is 4.98 Å². The minimum Gasteiger partial charge on any atom is -0.361 e. The standard InChI is InChI=1S/C24H18ClFN4O/c25-20-9-10-23-21(14-20)19(15-27-23)11-12-28-30-29-24(31)17-7-5-16(6-8-17)13-18-3-1-2-4-22(18)26/h1-10,14-15H,11-13H2/p+1. The van der Waals surface area contributed by atoms with Gasteiger partial charge in [-0.05, 0) is 53.1 Å². The van der Waals surface area contributed by atoms with Crippen molar-refractivity contribution in [2.45, 2.75) is 12.8 Å². The van der Waals surface area contributed by atoms with Crippen LogP contribution in [0.4, 0.5) is 4.39 Å². The number of nitrogens with one attached hydrogen (secondary N) is 1. The molecule has 0 atom stereocenters. The monoisotopic (exact) mass is 433 g/mol. The van der Waals surface area contributed by atoms with Crippen molar-refractivity contribution in [3.8, 4) is 0 Å². The van der Waals surface area contributed by atoms with E-state index in [2.05, 4.69) is 20.1 Å². The van der Waals surface area contributed by atoms with E-state index >= 15 is 0 Å². The average Bonchev–Trinajstić information content (AvgIpc) is 3.17. The first kappa shape index (κ1) is 20.7. The van der Waals surface area contributed by atoms with Crippen LogP contribution in [0.25, 0.3) is 10.9 Å². The Kier molecular flexibility index (Phi) is 6.32. The number of aromatic nitrogens is 1. The van der Waals surface area contributed by atoms with Crippen LogP contribution in [0, 0.1) is 5.82 Å². The summed E-state index contributed by atoms with van der Waals surface area (Å²) >= 11 is 6.06. The number of carbonyl (C=O) groups is 1. The molecule has 0 spiro atoms. The van der Waals surface area contributed by atoms with Crippen molar-refractivity contribution in [1.82, 2.24) is 9.90 Å². The van der Waals surface area contributed by atoms with Crippen LogP contribution in [-0.2, 0) is 12.8 Å². The third kappa shape index (κ3) is 5.12. The first-order valence-corrected chi connectivity index (χ1v) is 10.2. The van der Waals surface area contributed by atoms with Crippen LogP contribution in [-0.4, -0.2) is 17.4 Å². The Morgan fingerprint density at radius 2 is 1.84 bits per heavy atom. The molecule has 5 nitrogen and oxygen atoms in total. The van der Waals surface area contributed by atoms with Crippen LogP contribution in [0.15, 0.2) is 83.2 Å². The van der Waals surface area contributed by atoms with Crippen LogP contribution >= 0.6 is 11.6 Å². The molecule has 0 bridgehead atoms. The van der Waals surface area contributed by atoms with Crippen molar-refractivity contribution in [2.24, 2.45) is 10.2 Å². The summed E-state index contributed by atoms with van der Waals surface area (Å²) < 4.78 is 13.8. The lowest BCUT2D eigenvalue weighted by atomic mass is 10.0. The zero-order valence-corrected chi connectivity index (χ0v) is 17.3. The van der Waals surface area contributed by atoms with Crippen molar-refractivity contribution in [3.05, 3.63) is 106 Å². The summed E-state index contributed by atoms with van der Waals surface area (Å²) in [6.45, 7) is 0.401. The summed E-state index contributed by atoms with van der Waals surface area (Å²) in [4.78, 5) is 19.0. The molecular weight excluding hydrogens is 415 g/mol. The average molecular weight is 434 g/mol. The Bertz CT molecular complexity index is 1290. The van der Waals surface area contributed by atoms with Crippen molar-refractivity contribution in [3.63, 3.8) is 0 Å². The number of H-pyrrole nitrogens is 1. The fourth-order valence-corrected chi connectivity index (χ4v) is 3.50. The molecular formula is C24H19ClFN4O+. The highest BCUT2D eigenvalue weighted by atomic mass is 35.5. The topological polar surface area (TPSA) is 71.7 Å². The predicted octanol–water partition coefficient (Wildman–Crippen LogP) is 5.91. The minimum atomic E-state index is -0.472. The third-order valence-corrected chi connectivity index (χ3v) is 5.20. The molecule has 4 aromatic rings. The van der Waals surface area contributed by atoms with E-state index in [9.17, 15) is 9.18 Å². The molecule has 31 heavy (non-hydrogen) atoms. The molecule has 154 valence electrons. The summed E-state index contributed by atoms with van der Waals surface area (Å²) in [5.41, 5.74) is 4.00. The van der Waals surface area contributed by atoms with Crippen LogP contribution in [0.2, 0.25) is 5.02 Å². The van der Waals surface area contributed by atoms with E-state index in [4.69, 9.17) is 11.6 Å². The Labute approximate surface area is 183 Å². The van der Waals surface area contributed by atoms with E-state index in [1.807, 2.05) is 24.4 Å². The molecule has 1 heterocycles. The van der Waals surface area contributed by atoms with Crippen molar-refractivity contribution in [2.75, 3.05) is 6.54 Å². The highest BCUT2D eigenvalue weighted by molar-refractivity contribution is 6.31. The molecule has 1 aromatic heterocycles. The third-order valence-electron chi connectivity index (χ3n) is 4.96. The largest absolute Gasteiger partial charge is 0.361 e. The molecule has 0 aliphatic rings. The Morgan fingerprint density at radius 3 is 2.65 bits per heavy atom. The van der Waals surface area contributed by atoms with Gasteiger partial charge in [0.1, 0.15) is 17.5 Å². The zero-order chi connectivity index (χ0) is 21.6. The van der Waals surface area contributed by atoms with E-state index in [0.717, 1.165) is 22.0 Å². The van der Waals surface area contributed by atoms with E-state index in [-0.39, 0.29) is 5.82 Å². The highest BCUT2D eigenvalue weighted by Crippen LogP contribution is 2.22. The van der Waals surface area contributed by atoms with E-state index in [0.29, 0.717) is 35.5 Å². The van der Waals surface area contributed by atoms with Crippen LogP contribution in [0.5, 0.6) is 0 Å². The Balaban J connectivity index is 1.34. The van der Waals surface area contributed by atoms with Gasteiger partial charge in [-0.25, -0.2) is 4.39 Å². The molecule has 0 unspecified atom stereocenters. The van der Waals surface area contributed by atoms with Gasteiger partial charge in [0.05, 0.1) is 0 Å². The first-order chi connectivity index (χ1) is 15.1. The number of fused-ring (bicyclic) bond motifs is 1. The molecule has 0 fully saturated rings. The quantitative estimate of drug-likeness (QED) is 0.298. The summed E-state index contributed by atoms with van der Waals surface area (Å²) in [6.07, 6.45) is 3.02. The maximum atomic E-state index is 13.8. The molecule has 4 rings (SSSR count). The Hall–Kier alpha value is -3.60. The zero-order valence-electron chi connectivity index (χ0n) is 16.6. The SMILES string of the molecule is O=C(N=[N+]=NCCc1c[nH]c2ccc(Cl)cc12)c1ccc(Cc2ccccc2F)cc1. The van der Waals surface area contributed by atoms with Crippen molar-refractivity contribution in [1.29, 1.82) is 0 Å². The number of rotatable bonds is 6. The number of hydrogen-bond donors (Lipinski definition) is 1. The fourth-order valence-electron chi connectivity index (χ4n) is 3.33. The van der Waals surface area contributed by atoms with Gasteiger partial charge >= 0.3 is 5.91 Å². The van der Waals surface area contributed by atoms with Crippen molar-refractivity contribution >= 4 is 28.4 Å². The molecule has 0 aliphatic heterocycles. The smallest absolute Gasteiger partial charge is 0.360 e. The second-order valence-corrected chi connectivity index (χ2v) is 7.51. The summed E-state index contributed by atoms with van der Waals surface area (Å²) in [5.74, 6) is -0.714. The first-order valence-electron chi connectivity index (χ1n) is 9.80. The van der Waals surface area contributed by atoms with Gasteiger partial charge in [0, 0.05) is 40.5 Å². The summed E-state index contributed by atoms with van der Waals surface area (Å²) in [5, 5.41) is 9.34. The predicted molar refractivity (Wildman–Crippen MR) is 119 cm³/mol. The van der Waals surface area contributed by atoms with E-state index in [1.54, 1.807) is 42.5 Å². The molecule has 3 aromatic carbocycles. The minimum absolute atomic E-state index is 0.242. The molecule has 0 aliphatic carbocycles. The highest BCUT2D eigenvalue weighted by Gasteiger charge is 2.10. The van der Waals surface area contributed by atoms with Gasteiger partial charge in [-0.2, -0.15) is 0 Å². The molecule has 1 amide bonds. The van der Waals surface area contributed by atoms with Crippen LogP contribution < -0.4 is 4.91 Å². The number of aromatic amines is 1. The van der Waals surface area contributed by atoms with Crippen LogP contribution in [0.3, 0.4) is 0 Å². The lowest BCUT2D eigenvalue weighted by Crippen LogP contribution is -1.97. The normalized spacial score (nSPS) is 10.6.